The molecule has 4 saturated heterocycles. The molecule has 4 heterocycles. The Morgan fingerprint density at radius 3 is 1.84 bits per heavy atom. The third-order valence-electron chi connectivity index (χ3n) is 7.74. The van der Waals surface area contributed by atoms with E-state index in [-0.39, 0.29) is 0 Å². The van der Waals surface area contributed by atoms with Crippen molar-refractivity contribution in [1.29, 1.82) is 0 Å². The van der Waals surface area contributed by atoms with Crippen molar-refractivity contribution in [2.75, 3.05) is 13.2 Å². The van der Waals surface area contributed by atoms with E-state index in [9.17, 15) is 66.1 Å². The number of hydrogen-bond donors (Lipinski definition) is 12. The van der Waals surface area contributed by atoms with Gasteiger partial charge in [-0.1, -0.05) is 0 Å². The van der Waals surface area contributed by atoms with E-state index in [0.29, 0.717) is 0 Å². The van der Waals surface area contributed by atoms with Crippen LogP contribution in [0.25, 0.3) is 0 Å². The Balaban J connectivity index is 1.48. The van der Waals surface area contributed by atoms with Crippen molar-refractivity contribution in [1.82, 2.24) is 0 Å². The van der Waals surface area contributed by atoms with Gasteiger partial charge in [0, 0.05) is 0 Å². The first-order valence-electron chi connectivity index (χ1n) is 13.4. The SMILES string of the molecule is C[C@@H]1O[C@@H](O[C@H]2[C@H](O)[C@H](O[C@H]3O[C@H](C(=O)O)[C@@H](O[C@@H]4OC[C@@H](O)[C@H](O)[C@H]4O)[C@H](O)[C@H]3O)[C@@H](O)O[C@@H]2CO)[C@H](O)[C@H](O)[C@H]1O. The number of aliphatic hydroxyl groups is 11. The Bertz CT molecular complexity index is 927. The molecule has 4 aliphatic heterocycles. The Kier molecular flexibility index (Phi) is 11.3. The second-order valence-electron chi connectivity index (χ2n) is 10.7. The van der Waals surface area contributed by atoms with Gasteiger partial charge in [0.1, 0.15) is 79.4 Å². The molecule has 20 nitrogen and oxygen atoms in total. The molecule has 0 aromatic rings. The molecule has 0 aromatic carbocycles. The molecular weight excluding hydrogens is 596 g/mol. The lowest BCUT2D eigenvalue weighted by atomic mass is 9.96. The van der Waals surface area contributed by atoms with Crippen LogP contribution in [0.15, 0.2) is 0 Å². The van der Waals surface area contributed by atoms with E-state index in [4.69, 9.17) is 33.2 Å². The van der Waals surface area contributed by atoms with Gasteiger partial charge in [-0.05, 0) is 6.92 Å². The molecule has 0 amide bonds. The summed E-state index contributed by atoms with van der Waals surface area (Å²) in [5.41, 5.74) is 0. The topological polar surface area (TPSA) is 324 Å². The standard InChI is InChI=1S/C23H38O20/c1-4-7(26)9(28)12(31)22(38-4)40-15-6(2-24)39-20(36)17(14(15)33)42-23-13(32)10(29)16(18(43-23)19(34)35)41-21-11(30)8(27)5(25)3-37-21/h4-18,20-33,36H,2-3H2,1H3,(H,34,35)/t4-,5+,6+,7-,8-,9+,10+,11+,12+,13+,14-,15+,16-,17-,18-,20-,21-,22-,23-/m0/s1. The molecule has 4 rings (SSSR count). The van der Waals surface area contributed by atoms with E-state index in [1.54, 1.807) is 0 Å². The van der Waals surface area contributed by atoms with Gasteiger partial charge < -0.3 is 94.4 Å². The van der Waals surface area contributed by atoms with Crippen molar-refractivity contribution in [2.45, 2.75) is 124 Å². The predicted molar refractivity (Wildman–Crippen MR) is 127 cm³/mol. The average molecular weight is 635 g/mol. The number of rotatable bonds is 8. The summed E-state index contributed by atoms with van der Waals surface area (Å²) in [6.45, 7) is -0.00852. The molecule has 0 spiro atoms. The molecule has 0 radical (unpaired) electrons. The second-order valence-corrected chi connectivity index (χ2v) is 10.7. The largest absolute Gasteiger partial charge is 0.479 e. The first kappa shape index (κ1) is 34.6. The minimum atomic E-state index is -2.13. The quantitative estimate of drug-likeness (QED) is 0.118. The molecule has 0 aromatic heterocycles. The molecule has 0 bridgehead atoms. The van der Waals surface area contributed by atoms with Gasteiger partial charge in [-0.2, -0.15) is 0 Å². The third-order valence-corrected chi connectivity index (χ3v) is 7.74. The Hall–Kier alpha value is -1.25. The number of carboxylic acid groups (broad SMARTS) is 1. The summed E-state index contributed by atoms with van der Waals surface area (Å²) < 4.78 is 37.2. The summed E-state index contributed by atoms with van der Waals surface area (Å²) in [6, 6.07) is 0. The van der Waals surface area contributed by atoms with Crippen molar-refractivity contribution in [3.63, 3.8) is 0 Å². The first-order valence-corrected chi connectivity index (χ1v) is 13.4. The van der Waals surface area contributed by atoms with Crippen LogP contribution in [0.2, 0.25) is 0 Å². The van der Waals surface area contributed by atoms with E-state index in [1.807, 2.05) is 0 Å². The highest BCUT2D eigenvalue weighted by Gasteiger charge is 2.55. The van der Waals surface area contributed by atoms with E-state index < -0.39 is 136 Å². The zero-order chi connectivity index (χ0) is 31.9. The van der Waals surface area contributed by atoms with Gasteiger partial charge >= 0.3 is 5.97 Å². The van der Waals surface area contributed by atoms with Crippen molar-refractivity contribution in [3.8, 4) is 0 Å². The Labute approximate surface area is 242 Å². The van der Waals surface area contributed by atoms with Crippen LogP contribution in [-0.2, 0) is 38.0 Å². The molecular formula is C23H38O20. The van der Waals surface area contributed by atoms with Crippen LogP contribution in [0.1, 0.15) is 6.92 Å². The van der Waals surface area contributed by atoms with Gasteiger partial charge in [0.05, 0.1) is 19.3 Å². The van der Waals surface area contributed by atoms with Gasteiger partial charge in [-0.25, -0.2) is 4.79 Å². The van der Waals surface area contributed by atoms with Crippen LogP contribution < -0.4 is 0 Å². The minimum Gasteiger partial charge on any atom is -0.479 e. The van der Waals surface area contributed by atoms with Crippen molar-refractivity contribution in [2.24, 2.45) is 0 Å². The fourth-order valence-electron chi connectivity index (χ4n) is 5.16. The molecule has 0 saturated carbocycles. The van der Waals surface area contributed by atoms with E-state index in [0.717, 1.165) is 0 Å². The molecule has 0 unspecified atom stereocenters. The van der Waals surface area contributed by atoms with Gasteiger partial charge in [0.25, 0.3) is 0 Å². The molecule has 0 aliphatic carbocycles. The molecule has 19 atom stereocenters. The van der Waals surface area contributed by atoms with Crippen LogP contribution in [0.3, 0.4) is 0 Å². The number of ether oxygens (including phenoxy) is 7. The normalized spacial score (nSPS) is 53.0. The number of aliphatic carboxylic acids is 1. The zero-order valence-electron chi connectivity index (χ0n) is 22.5. The maximum atomic E-state index is 12.0. The summed E-state index contributed by atoms with van der Waals surface area (Å²) in [5, 5.41) is 122. The molecule has 250 valence electrons. The van der Waals surface area contributed by atoms with Crippen LogP contribution in [0.5, 0.6) is 0 Å². The van der Waals surface area contributed by atoms with Crippen LogP contribution in [0.4, 0.5) is 0 Å². The number of carbonyl (C=O) groups is 1. The fourth-order valence-corrected chi connectivity index (χ4v) is 5.16. The smallest absolute Gasteiger partial charge is 0.335 e. The second kappa shape index (κ2) is 14.0. The van der Waals surface area contributed by atoms with Crippen LogP contribution in [-0.4, -0.2) is 197 Å². The van der Waals surface area contributed by atoms with Crippen molar-refractivity contribution >= 4 is 5.97 Å². The van der Waals surface area contributed by atoms with E-state index in [2.05, 4.69) is 0 Å². The highest BCUT2D eigenvalue weighted by molar-refractivity contribution is 5.73. The minimum absolute atomic E-state index is 0.518. The van der Waals surface area contributed by atoms with E-state index in [1.165, 1.54) is 6.92 Å². The first-order chi connectivity index (χ1) is 20.2. The lowest BCUT2D eigenvalue weighted by Crippen LogP contribution is -2.67. The molecule has 4 fully saturated rings. The van der Waals surface area contributed by atoms with Crippen molar-refractivity contribution < 1.29 is 99.2 Å². The maximum absolute atomic E-state index is 12.0. The summed E-state index contributed by atoms with van der Waals surface area (Å²) in [5.74, 6) is -1.75. The summed E-state index contributed by atoms with van der Waals surface area (Å²) in [6.07, 6.45) is -34.1. The zero-order valence-corrected chi connectivity index (χ0v) is 22.5. The van der Waals surface area contributed by atoms with Crippen LogP contribution in [0, 0.1) is 0 Å². The number of aliphatic hydroxyl groups excluding tert-OH is 11. The summed E-state index contributed by atoms with van der Waals surface area (Å²) >= 11 is 0. The molecule has 4 aliphatic rings. The molecule has 20 heteroatoms. The summed E-state index contributed by atoms with van der Waals surface area (Å²) in [4.78, 5) is 12.0. The third kappa shape index (κ3) is 6.96. The number of carboxylic acids is 1. The monoisotopic (exact) mass is 634 g/mol. The Morgan fingerprint density at radius 1 is 0.651 bits per heavy atom. The molecule has 12 N–H and O–H groups in total. The highest BCUT2D eigenvalue weighted by atomic mass is 16.8. The van der Waals surface area contributed by atoms with E-state index >= 15 is 0 Å². The fraction of sp³-hybridized carbons (Fsp3) is 0.957. The lowest BCUT2D eigenvalue weighted by molar-refractivity contribution is -0.386. The van der Waals surface area contributed by atoms with Gasteiger partial charge in [-0.3, -0.25) is 0 Å². The maximum Gasteiger partial charge on any atom is 0.335 e. The molecule has 43 heavy (non-hydrogen) atoms. The predicted octanol–water partition coefficient (Wildman–Crippen LogP) is -7.99. The summed E-state index contributed by atoms with van der Waals surface area (Å²) in [7, 11) is 0. The Morgan fingerprint density at radius 2 is 1.21 bits per heavy atom. The van der Waals surface area contributed by atoms with Crippen molar-refractivity contribution in [3.05, 3.63) is 0 Å². The van der Waals surface area contributed by atoms with Gasteiger partial charge in [0.15, 0.2) is 31.3 Å². The lowest BCUT2D eigenvalue weighted by Gasteiger charge is -2.48. The average Bonchev–Trinajstić information content (AvgIpc) is 2.97. The van der Waals surface area contributed by atoms with Gasteiger partial charge in [-0.15, -0.1) is 0 Å². The van der Waals surface area contributed by atoms with Crippen LogP contribution >= 0.6 is 0 Å². The number of hydrogen-bond acceptors (Lipinski definition) is 19. The van der Waals surface area contributed by atoms with Gasteiger partial charge in [0.2, 0.25) is 0 Å². The highest BCUT2D eigenvalue weighted by Crippen LogP contribution is 2.33.